The third-order valence-electron chi connectivity index (χ3n) is 1.61. The Labute approximate surface area is 84.5 Å². The average molecular weight is 211 g/mol. The number of nitriles is 1. The Morgan fingerprint density at radius 2 is 2.33 bits per heavy atom. The molecule has 0 aliphatic carbocycles. The van der Waals surface area contributed by atoms with E-state index in [2.05, 4.69) is 10.3 Å². The van der Waals surface area contributed by atoms with Crippen LogP contribution in [0, 0.1) is 23.1 Å². The Kier molecular flexibility index (Phi) is 3.68. The minimum atomic E-state index is -1.32. The monoisotopic (exact) mass is 211 g/mol. The fraction of sp³-hybridized carbons (Fsp3) is 0.222. The molecule has 0 radical (unpaired) electrons. The number of rotatable bonds is 3. The van der Waals surface area contributed by atoms with Crippen LogP contribution in [0.25, 0.3) is 0 Å². The summed E-state index contributed by atoms with van der Waals surface area (Å²) in [6.45, 7) is 0.0959. The Morgan fingerprint density at radius 1 is 1.60 bits per heavy atom. The average Bonchev–Trinajstić information content (AvgIpc) is 2.22. The van der Waals surface area contributed by atoms with Crippen molar-refractivity contribution in [3.05, 3.63) is 29.6 Å². The van der Waals surface area contributed by atoms with Crippen LogP contribution in [0.4, 0.5) is 8.78 Å². The topological polar surface area (TPSA) is 65.8 Å². The molecule has 0 spiro atoms. The Morgan fingerprint density at radius 3 is 3.00 bits per heavy atom. The summed E-state index contributed by atoms with van der Waals surface area (Å²) in [4.78, 5) is 14.3. The van der Waals surface area contributed by atoms with Gasteiger partial charge in [0.15, 0.2) is 5.82 Å². The Balaban J connectivity index is 2.75. The second-order valence-corrected chi connectivity index (χ2v) is 2.63. The number of amides is 1. The number of nitrogens with one attached hydrogen (secondary N) is 1. The van der Waals surface area contributed by atoms with Gasteiger partial charge < -0.3 is 5.32 Å². The minimum absolute atomic E-state index is 0.0959. The molecule has 1 heterocycles. The molecule has 0 aliphatic heterocycles. The molecule has 1 aromatic rings. The van der Waals surface area contributed by atoms with Crippen molar-refractivity contribution in [1.29, 1.82) is 5.26 Å². The summed E-state index contributed by atoms with van der Waals surface area (Å²) in [6.07, 6.45) is 1.11. The molecule has 4 nitrogen and oxygen atoms in total. The second kappa shape index (κ2) is 5.00. The summed E-state index contributed by atoms with van der Waals surface area (Å²) >= 11 is 0. The molecule has 1 aromatic heterocycles. The van der Waals surface area contributed by atoms with E-state index >= 15 is 0 Å². The van der Waals surface area contributed by atoms with Crippen LogP contribution >= 0.6 is 0 Å². The minimum Gasteiger partial charge on any atom is -0.351 e. The van der Waals surface area contributed by atoms with Crippen LogP contribution < -0.4 is 5.32 Å². The van der Waals surface area contributed by atoms with Gasteiger partial charge in [0.25, 0.3) is 5.91 Å². The molecular weight excluding hydrogens is 204 g/mol. The largest absolute Gasteiger partial charge is 0.351 e. The van der Waals surface area contributed by atoms with E-state index in [1.54, 1.807) is 6.07 Å². The molecule has 1 rings (SSSR count). The maximum atomic E-state index is 13.0. The zero-order valence-electron chi connectivity index (χ0n) is 7.63. The second-order valence-electron chi connectivity index (χ2n) is 2.63. The van der Waals surface area contributed by atoms with Crippen molar-refractivity contribution < 1.29 is 13.6 Å². The van der Waals surface area contributed by atoms with E-state index in [0.29, 0.717) is 0 Å². The number of nitrogens with zero attached hydrogens (tertiary/aromatic N) is 2. The molecule has 0 fully saturated rings. The van der Waals surface area contributed by atoms with E-state index in [4.69, 9.17) is 5.26 Å². The molecule has 0 unspecified atom stereocenters. The first-order valence-corrected chi connectivity index (χ1v) is 4.12. The molecule has 15 heavy (non-hydrogen) atoms. The summed E-state index contributed by atoms with van der Waals surface area (Å²) in [5, 5.41) is 10.5. The van der Waals surface area contributed by atoms with Gasteiger partial charge in [-0.1, -0.05) is 0 Å². The lowest BCUT2D eigenvalue weighted by Gasteiger charge is -2.03. The molecular formula is C9H7F2N3O. The van der Waals surface area contributed by atoms with Gasteiger partial charge in [0.2, 0.25) is 5.95 Å². The van der Waals surface area contributed by atoms with Crippen molar-refractivity contribution in [2.75, 3.05) is 6.54 Å². The van der Waals surface area contributed by atoms with Gasteiger partial charge in [-0.25, -0.2) is 9.37 Å². The van der Waals surface area contributed by atoms with E-state index in [1.165, 1.54) is 0 Å². The summed E-state index contributed by atoms with van der Waals surface area (Å²) in [7, 11) is 0. The fourth-order valence-electron chi connectivity index (χ4n) is 0.921. The van der Waals surface area contributed by atoms with E-state index in [1.807, 2.05) is 0 Å². The van der Waals surface area contributed by atoms with Crippen LogP contribution in [-0.4, -0.2) is 17.4 Å². The van der Waals surface area contributed by atoms with Gasteiger partial charge in [-0.05, 0) is 6.07 Å². The molecule has 1 amide bonds. The molecule has 0 saturated heterocycles. The summed E-state index contributed by atoms with van der Waals surface area (Å²) in [5.41, 5.74) is -0.416. The quantitative estimate of drug-likeness (QED) is 0.599. The van der Waals surface area contributed by atoms with Crippen LogP contribution in [0.1, 0.15) is 16.8 Å². The molecule has 0 atom stereocenters. The lowest BCUT2D eigenvalue weighted by Crippen LogP contribution is -2.25. The van der Waals surface area contributed by atoms with Crippen molar-refractivity contribution in [3.8, 4) is 6.07 Å². The number of hydrogen-bond acceptors (Lipinski definition) is 3. The normalized spacial score (nSPS) is 9.40. The Hall–Kier alpha value is -2.03. The van der Waals surface area contributed by atoms with Gasteiger partial charge in [-0.15, -0.1) is 0 Å². The molecule has 6 heteroatoms. The van der Waals surface area contributed by atoms with Crippen LogP contribution in [-0.2, 0) is 0 Å². The van der Waals surface area contributed by atoms with Gasteiger partial charge in [0, 0.05) is 12.7 Å². The summed E-state index contributed by atoms with van der Waals surface area (Å²) in [5.74, 6) is -3.36. The van der Waals surface area contributed by atoms with Gasteiger partial charge in [0.05, 0.1) is 18.1 Å². The zero-order valence-corrected chi connectivity index (χ0v) is 7.63. The Bertz CT molecular complexity index is 414. The van der Waals surface area contributed by atoms with Crippen molar-refractivity contribution >= 4 is 5.91 Å². The van der Waals surface area contributed by atoms with E-state index in [0.717, 1.165) is 12.3 Å². The van der Waals surface area contributed by atoms with Crippen LogP contribution in [0.15, 0.2) is 12.3 Å². The first-order chi connectivity index (χ1) is 7.16. The third-order valence-corrected chi connectivity index (χ3v) is 1.61. The fourth-order valence-corrected chi connectivity index (χ4v) is 0.921. The highest BCUT2D eigenvalue weighted by molar-refractivity contribution is 5.94. The lowest BCUT2D eigenvalue weighted by atomic mass is 10.2. The smallest absolute Gasteiger partial charge is 0.254 e. The van der Waals surface area contributed by atoms with Gasteiger partial charge in [-0.3, -0.25) is 4.79 Å². The van der Waals surface area contributed by atoms with Gasteiger partial charge >= 0.3 is 0 Å². The van der Waals surface area contributed by atoms with Crippen molar-refractivity contribution in [1.82, 2.24) is 10.3 Å². The molecule has 1 N–H and O–H groups in total. The van der Waals surface area contributed by atoms with Crippen LogP contribution in [0.2, 0.25) is 0 Å². The number of pyridine rings is 1. The number of hydrogen-bond donors (Lipinski definition) is 1. The van der Waals surface area contributed by atoms with Gasteiger partial charge in [0.1, 0.15) is 0 Å². The van der Waals surface area contributed by atoms with Crippen LogP contribution in [0.5, 0.6) is 0 Å². The van der Waals surface area contributed by atoms with E-state index in [-0.39, 0.29) is 13.0 Å². The van der Waals surface area contributed by atoms with E-state index < -0.39 is 23.2 Å². The third kappa shape index (κ3) is 2.71. The predicted molar refractivity (Wildman–Crippen MR) is 46.7 cm³/mol. The van der Waals surface area contributed by atoms with Crippen molar-refractivity contribution in [2.24, 2.45) is 0 Å². The first kappa shape index (κ1) is 11.0. The molecule has 78 valence electrons. The molecule has 0 saturated carbocycles. The molecule has 0 aliphatic rings. The van der Waals surface area contributed by atoms with Crippen LogP contribution in [0.3, 0.4) is 0 Å². The SMILES string of the molecule is N#CCCNC(=O)c1ccnc(F)c1F. The summed E-state index contributed by atoms with van der Waals surface area (Å²) < 4.78 is 25.6. The lowest BCUT2D eigenvalue weighted by molar-refractivity contribution is 0.0949. The number of aromatic nitrogens is 1. The molecule has 0 bridgehead atoms. The number of carbonyl (C=O) groups is 1. The van der Waals surface area contributed by atoms with Gasteiger partial charge in [-0.2, -0.15) is 9.65 Å². The highest BCUT2D eigenvalue weighted by atomic mass is 19.2. The number of halogens is 2. The summed E-state index contributed by atoms with van der Waals surface area (Å²) in [6, 6.07) is 2.88. The maximum Gasteiger partial charge on any atom is 0.254 e. The maximum absolute atomic E-state index is 13.0. The molecule has 0 aromatic carbocycles. The highest BCUT2D eigenvalue weighted by Gasteiger charge is 2.15. The predicted octanol–water partition coefficient (Wildman–Crippen LogP) is 1.00. The van der Waals surface area contributed by atoms with Crippen molar-refractivity contribution in [2.45, 2.75) is 6.42 Å². The standard InChI is InChI=1S/C9H7F2N3O/c10-7-6(2-5-13-8(7)11)9(15)14-4-1-3-12/h2,5H,1,4H2,(H,14,15). The van der Waals surface area contributed by atoms with Crippen molar-refractivity contribution in [3.63, 3.8) is 0 Å². The highest BCUT2D eigenvalue weighted by Crippen LogP contribution is 2.08. The number of carbonyl (C=O) groups excluding carboxylic acids is 1. The van der Waals surface area contributed by atoms with E-state index in [9.17, 15) is 13.6 Å². The zero-order chi connectivity index (χ0) is 11.3. The first-order valence-electron chi connectivity index (χ1n) is 4.12.